The third-order valence-electron chi connectivity index (χ3n) is 5.21. The van der Waals surface area contributed by atoms with Crippen LogP contribution in [0, 0.1) is 0 Å². The summed E-state index contributed by atoms with van der Waals surface area (Å²) in [5.74, 6) is 1.07. The lowest BCUT2D eigenvalue weighted by atomic mass is 10.2. The highest BCUT2D eigenvalue weighted by molar-refractivity contribution is 8.03. The minimum Gasteiger partial charge on any atom is -0.321 e. The minimum atomic E-state index is -0.251. The van der Waals surface area contributed by atoms with Crippen molar-refractivity contribution in [3.05, 3.63) is 129 Å². The summed E-state index contributed by atoms with van der Waals surface area (Å²) < 4.78 is 0. The molecule has 1 aliphatic rings. The Balaban J connectivity index is 1.65. The Kier molecular flexibility index (Phi) is 8.28. The van der Waals surface area contributed by atoms with E-state index in [0.29, 0.717) is 18.0 Å². The Morgan fingerprint density at radius 2 is 1.35 bits per heavy atom. The number of carbonyl (C=O) groups excluding carboxylic acids is 2. The zero-order chi connectivity index (χ0) is 23.8. The summed E-state index contributed by atoms with van der Waals surface area (Å²) in [4.78, 5) is 28.1. The summed E-state index contributed by atoms with van der Waals surface area (Å²) in [6.07, 6.45) is 0. The second-order valence-corrected chi connectivity index (χ2v) is 9.68. The van der Waals surface area contributed by atoms with Crippen LogP contribution in [0.25, 0.3) is 0 Å². The lowest BCUT2D eigenvalue weighted by Crippen LogP contribution is -2.31. The maximum atomic E-state index is 13.5. The fraction of sp³-hybridized carbons (Fsp3) is 0.143. The van der Waals surface area contributed by atoms with Gasteiger partial charge in [0.25, 0.3) is 5.91 Å². The number of hydrogen-bond donors (Lipinski definition) is 1. The lowest BCUT2D eigenvalue weighted by molar-refractivity contribution is -0.127. The molecule has 0 atom stereocenters. The second kappa shape index (κ2) is 11.8. The third kappa shape index (κ3) is 6.22. The summed E-state index contributed by atoms with van der Waals surface area (Å²) in [5.41, 5.74) is 4.60. The van der Waals surface area contributed by atoms with Gasteiger partial charge in [-0.05, 0) is 22.1 Å². The summed E-state index contributed by atoms with van der Waals surface area (Å²) in [6.45, 7) is 1.88. The number of amides is 2. The second-order valence-electron chi connectivity index (χ2n) is 7.84. The van der Waals surface area contributed by atoms with Gasteiger partial charge in [0, 0.05) is 18.4 Å². The van der Waals surface area contributed by atoms with Crippen LogP contribution in [0.2, 0.25) is 0 Å². The number of thioether (sulfide) groups is 2. The molecule has 0 aliphatic carbocycles. The maximum absolute atomic E-state index is 13.5. The molecular formula is C28H26N2O2S2. The molecule has 4 nitrogen and oxygen atoms in total. The van der Waals surface area contributed by atoms with Crippen LogP contribution in [0.5, 0.6) is 0 Å². The molecule has 0 unspecified atom stereocenters. The highest BCUT2D eigenvalue weighted by Gasteiger charge is 2.36. The van der Waals surface area contributed by atoms with E-state index in [-0.39, 0.29) is 11.8 Å². The van der Waals surface area contributed by atoms with Crippen LogP contribution in [-0.4, -0.2) is 16.7 Å². The van der Waals surface area contributed by atoms with E-state index in [4.69, 9.17) is 0 Å². The highest BCUT2D eigenvalue weighted by atomic mass is 32.2. The lowest BCUT2D eigenvalue weighted by Gasteiger charge is -2.20. The van der Waals surface area contributed by atoms with Crippen molar-refractivity contribution in [3.8, 4) is 0 Å². The van der Waals surface area contributed by atoms with Crippen molar-refractivity contribution in [1.29, 1.82) is 0 Å². The van der Waals surface area contributed by atoms with Gasteiger partial charge in [0.05, 0.1) is 17.1 Å². The van der Waals surface area contributed by atoms with Gasteiger partial charge in [0.1, 0.15) is 5.70 Å². The molecule has 0 radical (unpaired) electrons. The van der Waals surface area contributed by atoms with Crippen LogP contribution in [0.3, 0.4) is 0 Å². The number of benzene rings is 3. The van der Waals surface area contributed by atoms with Gasteiger partial charge in [-0.1, -0.05) is 91.0 Å². The largest absolute Gasteiger partial charge is 0.321 e. The first-order chi connectivity index (χ1) is 16.6. The fourth-order valence-electron chi connectivity index (χ4n) is 3.59. The van der Waals surface area contributed by atoms with E-state index in [1.54, 1.807) is 28.4 Å². The van der Waals surface area contributed by atoms with E-state index in [1.165, 1.54) is 12.5 Å². The van der Waals surface area contributed by atoms with Crippen LogP contribution in [0.1, 0.15) is 23.6 Å². The molecule has 3 aromatic carbocycles. The molecular weight excluding hydrogens is 460 g/mol. The fourth-order valence-corrected chi connectivity index (χ4v) is 5.63. The van der Waals surface area contributed by atoms with E-state index >= 15 is 0 Å². The highest BCUT2D eigenvalue weighted by Crippen LogP contribution is 2.40. The first kappa shape index (κ1) is 23.9. The van der Waals surface area contributed by atoms with Crippen molar-refractivity contribution in [2.24, 2.45) is 0 Å². The van der Waals surface area contributed by atoms with Crippen LogP contribution >= 0.6 is 23.5 Å². The normalized spacial score (nSPS) is 14.7. The molecule has 4 rings (SSSR count). The molecule has 0 saturated carbocycles. The Labute approximate surface area is 209 Å². The van der Waals surface area contributed by atoms with Crippen LogP contribution < -0.4 is 5.32 Å². The number of rotatable bonds is 9. The predicted molar refractivity (Wildman–Crippen MR) is 141 cm³/mol. The smallest absolute Gasteiger partial charge is 0.276 e. The molecule has 1 heterocycles. The van der Waals surface area contributed by atoms with Gasteiger partial charge in [0.2, 0.25) is 5.91 Å². The molecule has 1 N–H and O–H groups in total. The Bertz CT molecular complexity index is 1190. The molecule has 0 fully saturated rings. The SMILES string of the molecule is CC(=O)NC1=C(SCc2ccccc2)C(=CSCc2ccccc2)N(Cc2ccccc2)C1=O. The van der Waals surface area contributed by atoms with Crippen molar-refractivity contribution < 1.29 is 9.59 Å². The van der Waals surface area contributed by atoms with Gasteiger partial charge in [-0.25, -0.2) is 0 Å². The van der Waals surface area contributed by atoms with Gasteiger partial charge in [0.15, 0.2) is 0 Å². The first-order valence-corrected chi connectivity index (χ1v) is 13.1. The van der Waals surface area contributed by atoms with Crippen molar-refractivity contribution in [1.82, 2.24) is 10.2 Å². The quantitative estimate of drug-likeness (QED) is 0.398. The standard InChI is InChI=1S/C28H26N2O2S2/c1-21(31)29-26-27(34-19-24-15-9-4-10-16-24)25(20-33-18-23-13-7-3-8-14-23)30(28(26)32)17-22-11-5-2-6-12-22/h2-16,20H,17-19H2,1H3,(H,29,31). The van der Waals surface area contributed by atoms with Gasteiger partial charge < -0.3 is 10.2 Å². The minimum absolute atomic E-state index is 0.179. The first-order valence-electron chi connectivity index (χ1n) is 11.0. The predicted octanol–water partition coefficient (Wildman–Crippen LogP) is 6.08. The zero-order valence-corrected chi connectivity index (χ0v) is 20.6. The summed E-state index contributed by atoms with van der Waals surface area (Å²) >= 11 is 3.23. The molecule has 6 heteroatoms. The summed E-state index contributed by atoms with van der Waals surface area (Å²) in [5, 5.41) is 4.86. The van der Waals surface area contributed by atoms with Crippen LogP contribution in [-0.2, 0) is 27.6 Å². The van der Waals surface area contributed by atoms with Crippen LogP contribution in [0.15, 0.2) is 113 Å². The average molecular weight is 487 g/mol. The van der Waals surface area contributed by atoms with E-state index in [2.05, 4.69) is 35.0 Å². The van der Waals surface area contributed by atoms with E-state index in [0.717, 1.165) is 27.5 Å². The van der Waals surface area contributed by atoms with Gasteiger partial charge >= 0.3 is 0 Å². The molecule has 34 heavy (non-hydrogen) atoms. The summed E-state index contributed by atoms with van der Waals surface area (Å²) in [7, 11) is 0. The maximum Gasteiger partial charge on any atom is 0.276 e. The molecule has 3 aromatic rings. The van der Waals surface area contributed by atoms with E-state index in [9.17, 15) is 9.59 Å². The Morgan fingerprint density at radius 3 is 1.91 bits per heavy atom. The molecule has 0 spiro atoms. The number of carbonyl (C=O) groups is 2. The Hall–Kier alpha value is -3.22. The number of hydrogen-bond acceptors (Lipinski definition) is 4. The van der Waals surface area contributed by atoms with Crippen LogP contribution in [0.4, 0.5) is 0 Å². The molecule has 1 aliphatic heterocycles. The topological polar surface area (TPSA) is 49.4 Å². The van der Waals surface area contributed by atoms with Crippen molar-refractivity contribution in [2.75, 3.05) is 0 Å². The van der Waals surface area contributed by atoms with Gasteiger partial charge in [-0.15, -0.1) is 23.5 Å². The van der Waals surface area contributed by atoms with Crippen molar-refractivity contribution in [3.63, 3.8) is 0 Å². The molecule has 2 amide bonds. The van der Waals surface area contributed by atoms with Gasteiger partial charge in [-0.3, -0.25) is 9.59 Å². The third-order valence-corrected chi connectivity index (χ3v) is 7.28. The van der Waals surface area contributed by atoms with Crippen molar-refractivity contribution in [2.45, 2.75) is 25.0 Å². The van der Waals surface area contributed by atoms with Gasteiger partial charge in [-0.2, -0.15) is 0 Å². The zero-order valence-electron chi connectivity index (χ0n) is 18.9. The average Bonchev–Trinajstić information content (AvgIpc) is 3.09. The van der Waals surface area contributed by atoms with E-state index in [1.807, 2.05) is 66.7 Å². The monoisotopic (exact) mass is 486 g/mol. The number of nitrogens with one attached hydrogen (secondary N) is 1. The molecule has 172 valence electrons. The summed E-state index contributed by atoms with van der Waals surface area (Å²) in [6, 6.07) is 30.3. The molecule has 0 bridgehead atoms. The molecule has 0 saturated heterocycles. The van der Waals surface area contributed by atoms with Crippen molar-refractivity contribution >= 4 is 35.3 Å². The molecule has 0 aromatic heterocycles. The Morgan fingerprint density at radius 1 is 0.824 bits per heavy atom. The van der Waals surface area contributed by atoms with E-state index < -0.39 is 0 Å². The number of nitrogens with zero attached hydrogens (tertiary/aromatic N) is 1.